The molecule has 1 heterocycles. The molecule has 1 saturated carbocycles. The Bertz CT molecular complexity index is 364. The largest absolute Gasteiger partial charge is 0.343 e. The summed E-state index contributed by atoms with van der Waals surface area (Å²) in [4.78, 5) is 27.1. The van der Waals surface area contributed by atoms with E-state index in [0.29, 0.717) is 5.17 Å². The number of hydrogen-bond donors (Lipinski definition) is 2. The number of amidine groups is 1. The van der Waals surface area contributed by atoms with Crippen LogP contribution in [0.5, 0.6) is 0 Å². The van der Waals surface area contributed by atoms with Crippen LogP contribution in [0.25, 0.3) is 0 Å². The minimum Gasteiger partial charge on any atom is -0.333 e. The molecule has 1 aliphatic heterocycles. The van der Waals surface area contributed by atoms with Gasteiger partial charge in [0.25, 0.3) is 0 Å². The monoisotopic (exact) mass is 269 g/mol. The van der Waals surface area contributed by atoms with Crippen LogP contribution in [-0.4, -0.2) is 28.4 Å². The van der Waals surface area contributed by atoms with Gasteiger partial charge in [0.1, 0.15) is 0 Å². The number of aliphatic imine (C=N–C) groups is 1. The average molecular weight is 269 g/mol. The van der Waals surface area contributed by atoms with Gasteiger partial charge >= 0.3 is 6.03 Å². The zero-order valence-electron chi connectivity index (χ0n) is 10.6. The van der Waals surface area contributed by atoms with Crippen molar-refractivity contribution in [3.05, 3.63) is 0 Å². The first kappa shape index (κ1) is 13.4. The highest BCUT2D eigenvalue weighted by Crippen LogP contribution is 2.22. The van der Waals surface area contributed by atoms with Gasteiger partial charge in [-0.1, -0.05) is 37.9 Å². The molecule has 2 aliphatic rings. The quantitative estimate of drug-likeness (QED) is 0.805. The summed E-state index contributed by atoms with van der Waals surface area (Å²) < 4.78 is 0. The number of thioether (sulfide) groups is 1. The SMILES string of the molecule is CC[C@@H]1S/C(=N\C(=O)NC2CCCCC2)NC1=O. The molecule has 2 N–H and O–H groups in total. The van der Waals surface area contributed by atoms with E-state index in [4.69, 9.17) is 0 Å². The van der Waals surface area contributed by atoms with Crippen LogP contribution >= 0.6 is 11.8 Å². The van der Waals surface area contributed by atoms with E-state index >= 15 is 0 Å². The zero-order chi connectivity index (χ0) is 13.0. The van der Waals surface area contributed by atoms with E-state index < -0.39 is 0 Å². The topological polar surface area (TPSA) is 70.6 Å². The second-order valence-corrected chi connectivity index (χ2v) is 5.90. The molecule has 100 valence electrons. The van der Waals surface area contributed by atoms with E-state index in [1.807, 2.05) is 6.92 Å². The van der Waals surface area contributed by atoms with Crippen LogP contribution in [-0.2, 0) is 4.79 Å². The molecule has 3 amide bonds. The lowest BCUT2D eigenvalue weighted by Crippen LogP contribution is -2.35. The Hall–Kier alpha value is -1.04. The molecular weight excluding hydrogens is 250 g/mol. The molecule has 0 spiro atoms. The first-order valence-corrected chi connectivity index (χ1v) is 7.43. The second kappa shape index (κ2) is 6.22. The molecule has 0 aromatic heterocycles. The van der Waals surface area contributed by atoms with Gasteiger partial charge in [0, 0.05) is 6.04 Å². The van der Waals surface area contributed by atoms with Crippen LogP contribution in [0.4, 0.5) is 4.79 Å². The third-order valence-corrected chi connectivity index (χ3v) is 4.53. The molecular formula is C12H19N3O2S. The molecule has 5 nitrogen and oxygen atoms in total. The summed E-state index contributed by atoms with van der Waals surface area (Å²) in [7, 11) is 0. The highest BCUT2D eigenvalue weighted by molar-refractivity contribution is 8.15. The Kier molecular flexibility index (Phi) is 4.63. The van der Waals surface area contributed by atoms with Gasteiger partial charge in [0.2, 0.25) is 5.91 Å². The molecule has 2 fully saturated rings. The van der Waals surface area contributed by atoms with E-state index in [1.54, 1.807) is 0 Å². The fourth-order valence-electron chi connectivity index (χ4n) is 2.27. The smallest absolute Gasteiger partial charge is 0.333 e. The summed E-state index contributed by atoms with van der Waals surface area (Å²) in [5, 5.41) is 5.86. The van der Waals surface area contributed by atoms with E-state index in [-0.39, 0.29) is 23.2 Å². The van der Waals surface area contributed by atoms with Crippen molar-refractivity contribution in [2.45, 2.75) is 56.7 Å². The minimum absolute atomic E-state index is 0.0493. The zero-order valence-corrected chi connectivity index (χ0v) is 11.4. The van der Waals surface area contributed by atoms with E-state index in [1.165, 1.54) is 31.0 Å². The molecule has 6 heteroatoms. The molecule has 18 heavy (non-hydrogen) atoms. The van der Waals surface area contributed by atoms with Crippen molar-refractivity contribution in [1.29, 1.82) is 0 Å². The number of urea groups is 1. The molecule has 1 atom stereocenters. The van der Waals surface area contributed by atoms with Crippen molar-refractivity contribution in [2.24, 2.45) is 4.99 Å². The lowest BCUT2D eigenvalue weighted by molar-refractivity contribution is -0.118. The maximum absolute atomic E-state index is 11.7. The van der Waals surface area contributed by atoms with Gasteiger partial charge in [-0.15, -0.1) is 0 Å². The molecule has 1 aliphatic carbocycles. The summed E-state index contributed by atoms with van der Waals surface area (Å²) >= 11 is 1.34. The van der Waals surface area contributed by atoms with Gasteiger partial charge in [-0.25, -0.2) is 4.79 Å². The molecule has 0 aromatic carbocycles. The highest BCUT2D eigenvalue weighted by atomic mass is 32.2. The average Bonchev–Trinajstić information content (AvgIpc) is 2.70. The number of hydrogen-bond acceptors (Lipinski definition) is 3. The first-order chi connectivity index (χ1) is 8.69. The minimum atomic E-state index is -0.332. The van der Waals surface area contributed by atoms with Crippen LogP contribution in [0.3, 0.4) is 0 Å². The maximum Gasteiger partial charge on any atom is 0.343 e. The van der Waals surface area contributed by atoms with Crippen LogP contribution in [0.2, 0.25) is 0 Å². The number of amides is 3. The fraction of sp³-hybridized carbons (Fsp3) is 0.750. The van der Waals surface area contributed by atoms with Crippen LogP contribution < -0.4 is 10.6 Å². The highest BCUT2D eigenvalue weighted by Gasteiger charge is 2.29. The molecule has 2 rings (SSSR count). The van der Waals surface area contributed by atoms with Crippen LogP contribution in [0, 0.1) is 0 Å². The Morgan fingerprint density at radius 3 is 2.78 bits per heavy atom. The van der Waals surface area contributed by atoms with Crippen molar-refractivity contribution in [3.8, 4) is 0 Å². The van der Waals surface area contributed by atoms with E-state index in [2.05, 4.69) is 15.6 Å². The van der Waals surface area contributed by atoms with Gasteiger partial charge < -0.3 is 10.6 Å². The van der Waals surface area contributed by atoms with Gasteiger partial charge in [-0.2, -0.15) is 4.99 Å². The molecule has 1 saturated heterocycles. The maximum atomic E-state index is 11.7. The van der Waals surface area contributed by atoms with Crippen molar-refractivity contribution < 1.29 is 9.59 Å². The Balaban J connectivity index is 1.85. The van der Waals surface area contributed by atoms with Gasteiger partial charge in [0.05, 0.1) is 5.25 Å². The van der Waals surface area contributed by atoms with Gasteiger partial charge in [0.15, 0.2) is 5.17 Å². The molecule has 0 bridgehead atoms. The molecule has 0 aromatic rings. The fourth-order valence-corrected chi connectivity index (χ4v) is 3.17. The third kappa shape index (κ3) is 3.48. The van der Waals surface area contributed by atoms with E-state index in [9.17, 15) is 9.59 Å². The molecule has 0 radical (unpaired) electrons. The summed E-state index contributed by atoms with van der Waals surface area (Å²) in [6.45, 7) is 1.95. The van der Waals surface area contributed by atoms with Crippen molar-refractivity contribution >= 4 is 28.9 Å². The predicted octanol–water partition coefficient (Wildman–Crippen LogP) is 2.03. The van der Waals surface area contributed by atoms with Gasteiger partial charge in [-0.05, 0) is 19.3 Å². The Morgan fingerprint density at radius 2 is 2.17 bits per heavy atom. The lowest BCUT2D eigenvalue weighted by atomic mass is 9.96. The summed E-state index contributed by atoms with van der Waals surface area (Å²) in [5.74, 6) is -0.0493. The van der Waals surface area contributed by atoms with Crippen molar-refractivity contribution in [1.82, 2.24) is 10.6 Å². The second-order valence-electron chi connectivity index (χ2n) is 4.71. The van der Waals surface area contributed by atoms with E-state index in [0.717, 1.165) is 19.3 Å². The van der Waals surface area contributed by atoms with Crippen molar-refractivity contribution in [3.63, 3.8) is 0 Å². The van der Waals surface area contributed by atoms with Crippen molar-refractivity contribution in [2.75, 3.05) is 0 Å². The number of rotatable bonds is 2. The summed E-state index contributed by atoms with van der Waals surface area (Å²) in [6, 6.07) is -0.0823. The first-order valence-electron chi connectivity index (χ1n) is 6.55. The Morgan fingerprint density at radius 1 is 1.44 bits per heavy atom. The summed E-state index contributed by atoms with van der Waals surface area (Å²) in [6.07, 6.45) is 6.42. The number of carbonyl (C=O) groups is 2. The normalized spacial score (nSPS) is 27.3. The summed E-state index contributed by atoms with van der Waals surface area (Å²) in [5.41, 5.74) is 0. The lowest BCUT2D eigenvalue weighted by Gasteiger charge is -2.21. The standard InChI is InChI=1S/C12H19N3O2S/c1-2-9-10(16)14-12(18-9)15-11(17)13-8-6-4-3-5-7-8/h8-9H,2-7H2,1H3,(H2,13,14,15,16,17)/t9-/m0/s1. The third-order valence-electron chi connectivity index (χ3n) is 3.28. The van der Waals surface area contributed by atoms with Crippen LogP contribution in [0.15, 0.2) is 4.99 Å². The number of carbonyl (C=O) groups excluding carboxylic acids is 2. The number of nitrogens with zero attached hydrogens (tertiary/aromatic N) is 1. The number of nitrogens with one attached hydrogen (secondary N) is 2. The van der Waals surface area contributed by atoms with Crippen LogP contribution in [0.1, 0.15) is 45.4 Å². The Labute approximate surface area is 111 Å². The molecule has 0 unspecified atom stereocenters. The predicted molar refractivity (Wildman–Crippen MR) is 72.7 cm³/mol. The van der Waals surface area contributed by atoms with Gasteiger partial charge in [-0.3, -0.25) is 4.79 Å².